The predicted molar refractivity (Wildman–Crippen MR) is 114 cm³/mol. The molecule has 0 atom stereocenters. The first-order chi connectivity index (χ1) is 14.2. The fraction of sp³-hybridized carbons (Fsp3) is 0.391. The van der Waals surface area contributed by atoms with Crippen LogP contribution in [-0.4, -0.2) is 38.1 Å². The van der Waals surface area contributed by atoms with Gasteiger partial charge < -0.3 is 20.1 Å². The van der Waals surface area contributed by atoms with Gasteiger partial charge in [-0.05, 0) is 43.5 Å². The zero-order chi connectivity index (χ0) is 20.9. The first-order valence-electron chi connectivity index (χ1n) is 10.2. The maximum absolute atomic E-state index is 12.4. The number of carbonyl (C=O) groups is 2. The number of para-hydroxylation sites is 2. The molecule has 0 bridgehead atoms. The van der Waals surface area contributed by atoms with Gasteiger partial charge in [0.1, 0.15) is 11.5 Å². The number of carbonyl (C=O) groups excluding carboxylic acids is 2. The SMILES string of the molecule is CCCOc1ccccc1C(=O)NCCCNC(=O)c1ccccc1OCCC. The van der Waals surface area contributed by atoms with E-state index < -0.39 is 0 Å². The van der Waals surface area contributed by atoms with Gasteiger partial charge in [0, 0.05) is 13.1 Å². The fourth-order valence-corrected chi connectivity index (χ4v) is 2.67. The highest BCUT2D eigenvalue weighted by Crippen LogP contribution is 2.19. The van der Waals surface area contributed by atoms with Crippen molar-refractivity contribution in [2.45, 2.75) is 33.1 Å². The summed E-state index contributed by atoms with van der Waals surface area (Å²) in [6.45, 7) is 6.08. The van der Waals surface area contributed by atoms with Crippen molar-refractivity contribution >= 4 is 11.8 Å². The maximum atomic E-state index is 12.4. The van der Waals surface area contributed by atoms with Gasteiger partial charge in [-0.15, -0.1) is 0 Å². The van der Waals surface area contributed by atoms with Gasteiger partial charge in [0.2, 0.25) is 0 Å². The molecule has 2 amide bonds. The molecule has 2 rings (SSSR count). The Hall–Kier alpha value is -3.02. The Morgan fingerprint density at radius 1 is 0.724 bits per heavy atom. The number of ether oxygens (including phenoxy) is 2. The van der Waals surface area contributed by atoms with Gasteiger partial charge in [0.15, 0.2) is 0 Å². The summed E-state index contributed by atoms with van der Waals surface area (Å²) >= 11 is 0. The van der Waals surface area contributed by atoms with E-state index in [9.17, 15) is 9.59 Å². The van der Waals surface area contributed by atoms with Crippen LogP contribution in [0.3, 0.4) is 0 Å². The Bertz CT molecular complexity index is 726. The van der Waals surface area contributed by atoms with Crippen LogP contribution in [0.5, 0.6) is 11.5 Å². The van der Waals surface area contributed by atoms with Crippen LogP contribution in [0, 0.1) is 0 Å². The monoisotopic (exact) mass is 398 g/mol. The molecule has 0 radical (unpaired) electrons. The predicted octanol–water partition coefficient (Wildman–Crippen LogP) is 3.81. The topological polar surface area (TPSA) is 76.7 Å². The highest BCUT2D eigenvalue weighted by Gasteiger charge is 2.13. The van der Waals surface area contributed by atoms with E-state index >= 15 is 0 Å². The van der Waals surface area contributed by atoms with Crippen LogP contribution in [0.25, 0.3) is 0 Å². The normalized spacial score (nSPS) is 10.3. The van der Waals surface area contributed by atoms with Crippen molar-refractivity contribution in [2.75, 3.05) is 26.3 Å². The molecule has 29 heavy (non-hydrogen) atoms. The van der Waals surface area contributed by atoms with Crippen molar-refractivity contribution in [1.29, 1.82) is 0 Å². The molecule has 0 aliphatic heterocycles. The molecule has 0 saturated carbocycles. The highest BCUT2D eigenvalue weighted by molar-refractivity contribution is 5.97. The van der Waals surface area contributed by atoms with Crippen LogP contribution in [0.4, 0.5) is 0 Å². The number of hydrogen-bond donors (Lipinski definition) is 2. The van der Waals surface area contributed by atoms with Crippen molar-refractivity contribution in [1.82, 2.24) is 10.6 Å². The largest absolute Gasteiger partial charge is 0.493 e. The molecule has 0 saturated heterocycles. The van der Waals surface area contributed by atoms with Crippen LogP contribution in [-0.2, 0) is 0 Å². The third kappa shape index (κ3) is 7.14. The van der Waals surface area contributed by atoms with Gasteiger partial charge in [-0.1, -0.05) is 38.1 Å². The zero-order valence-corrected chi connectivity index (χ0v) is 17.2. The highest BCUT2D eigenvalue weighted by atomic mass is 16.5. The van der Waals surface area contributed by atoms with Crippen LogP contribution in [0.1, 0.15) is 53.8 Å². The summed E-state index contributed by atoms with van der Waals surface area (Å²) in [5, 5.41) is 5.75. The van der Waals surface area contributed by atoms with Crippen LogP contribution in [0.2, 0.25) is 0 Å². The van der Waals surface area contributed by atoms with Gasteiger partial charge in [0.25, 0.3) is 11.8 Å². The number of amides is 2. The molecule has 6 nitrogen and oxygen atoms in total. The molecule has 2 aromatic rings. The fourth-order valence-electron chi connectivity index (χ4n) is 2.67. The average molecular weight is 399 g/mol. The summed E-state index contributed by atoms with van der Waals surface area (Å²) in [6.07, 6.45) is 2.37. The van der Waals surface area contributed by atoms with Gasteiger partial charge in [-0.3, -0.25) is 9.59 Å². The van der Waals surface area contributed by atoms with Crippen LogP contribution < -0.4 is 20.1 Å². The van der Waals surface area contributed by atoms with Crippen molar-refractivity contribution in [3.05, 3.63) is 59.7 Å². The summed E-state index contributed by atoms with van der Waals surface area (Å²) in [7, 11) is 0. The molecular formula is C23H30N2O4. The quantitative estimate of drug-likeness (QED) is 0.533. The van der Waals surface area contributed by atoms with Crippen molar-refractivity contribution in [2.24, 2.45) is 0 Å². The Kier molecular flexibility index (Phi) is 9.55. The van der Waals surface area contributed by atoms with Crippen LogP contribution >= 0.6 is 0 Å². The van der Waals surface area contributed by atoms with Gasteiger partial charge in [-0.2, -0.15) is 0 Å². The van der Waals surface area contributed by atoms with Crippen molar-refractivity contribution in [3.63, 3.8) is 0 Å². The van der Waals surface area contributed by atoms with Crippen molar-refractivity contribution < 1.29 is 19.1 Å². The summed E-state index contributed by atoms with van der Waals surface area (Å²) < 4.78 is 11.2. The number of nitrogens with one attached hydrogen (secondary N) is 2. The molecule has 0 heterocycles. The molecule has 0 aliphatic rings. The lowest BCUT2D eigenvalue weighted by molar-refractivity contribution is 0.0948. The number of rotatable bonds is 12. The minimum Gasteiger partial charge on any atom is -0.493 e. The average Bonchev–Trinajstić information content (AvgIpc) is 2.76. The second kappa shape index (κ2) is 12.4. The Balaban J connectivity index is 1.77. The second-order valence-corrected chi connectivity index (χ2v) is 6.55. The summed E-state index contributed by atoms with van der Waals surface area (Å²) in [5.41, 5.74) is 1.04. The standard InChI is InChI=1S/C23H30N2O4/c1-3-16-28-20-12-7-5-10-18(20)22(26)24-14-9-15-25-23(27)19-11-6-8-13-21(19)29-17-4-2/h5-8,10-13H,3-4,9,14-17H2,1-2H3,(H,24,26)(H,25,27). The minimum absolute atomic E-state index is 0.179. The van der Waals surface area contributed by atoms with E-state index in [1.54, 1.807) is 24.3 Å². The Labute approximate surface area is 172 Å². The van der Waals surface area contributed by atoms with Gasteiger partial charge in [0.05, 0.1) is 24.3 Å². The minimum atomic E-state index is -0.179. The summed E-state index contributed by atoms with van der Waals surface area (Å²) in [6, 6.07) is 14.4. The lowest BCUT2D eigenvalue weighted by Crippen LogP contribution is -2.30. The smallest absolute Gasteiger partial charge is 0.255 e. The van der Waals surface area contributed by atoms with Gasteiger partial charge >= 0.3 is 0 Å². The molecule has 2 aromatic carbocycles. The Morgan fingerprint density at radius 3 is 1.55 bits per heavy atom. The first kappa shape index (κ1) is 22.3. The number of hydrogen-bond acceptors (Lipinski definition) is 4. The molecule has 2 N–H and O–H groups in total. The van der Waals surface area contributed by atoms with E-state index in [4.69, 9.17) is 9.47 Å². The van der Waals surface area contributed by atoms with E-state index in [1.165, 1.54) is 0 Å². The second-order valence-electron chi connectivity index (χ2n) is 6.55. The summed E-state index contributed by atoms with van der Waals surface area (Å²) in [5.74, 6) is 0.815. The molecule has 0 spiro atoms. The molecule has 0 aromatic heterocycles. The van der Waals surface area contributed by atoms with E-state index in [0.29, 0.717) is 55.4 Å². The zero-order valence-electron chi connectivity index (χ0n) is 17.2. The lowest BCUT2D eigenvalue weighted by atomic mass is 10.2. The third-order valence-corrected chi connectivity index (χ3v) is 4.11. The molecule has 0 aliphatic carbocycles. The molecule has 0 unspecified atom stereocenters. The van der Waals surface area contributed by atoms with Crippen LogP contribution in [0.15, 0.2) is 48.5 Å². The van der Waals surface area contributed by atoms with Gasteiger partial charge in [-0.25, -0.2) is 0 Å². The maximum Gasteiger partial charge on any atom is 0.255 e. The molecule has 6 heteroatoms. The Morgan fingerprint density at radius 2 is 1.14 bits per heavy atom. The summed E-state index contributed by atoms with van der Waals surface area (Å²) in [4.78, 5) is 24.8. The molecule has 156 valence electrons. The van der Waals surface area contributed by atoms with E-state index in [-0.39, 0.29) is 11.8 Å². The first-order valence-corrected chi connectivity index (χ1v) is 10.2. The molecule has 0 fully saturated rings. The van der Waals surface area contributed by atoms with Crippen molar-refractivity contribution in [3.8, 4) is 11.5 Å². The van der Waals surface area contributed by atoms with E-state index in [2.05, 4.69) is 10.6 Å². The third-order valence-electron chi connectivity index (χ3n) is 4.11. The van der Waals surface area contributed by atoms with E-state index in [1.807, 2.05) is 38.1 Å². The van der Waals surface area contributed by atoms with E-state index in [0.717, 1.165) is 12.8 Å². The lowest BCUT2D eigenvalue weighted by Gasteiger charge is -2.12. The number of benzene rings is 2. The molecular weight excluding hydrogens is 368 g/mol.